The number of piperazine rings is 1. The molecule has 2 aliphatic rings. The zero-order valence-electron chi connectivity index (χ0n) is 22.7. The van der Waals surface area contributed by atoms with E-state index in [4.69, 9.17) is 25.8 Å². The molecule has 0 N–H and O–H groups in total. The summed E-state index contributed by atoms with van der Waals surface area (Å²) in [6.45, 7) is 5.54. The number of morpholine rings is 1. The molecule has 40 heavy (non-hydrogen) atoms. The second-order valence-electron chi connectivity index (χ2n) is 10.5. The number of carbonyl (C=O) groups excluding carboxylic acids is 1. The van der Waals surface area contributed by atoms with E-state index in [0.29, 0.717) is 55.9 Å². The first kappa shape index (κ1) is 28.4. The average molecular weight is 568 g/mol. The number of para-hydroxylation sites is 1. The van der Waals surface area contributed by atoms with Gasteiger partial charge >= 0.3 is 0 Å². The third kappa shape index (κ3) is 7.52. The molecule has 9 heteroatoms. The van der Waals surface area contributed by atoms with E-state index in [1.165, 1.54) is 12.1 Å². The summed E-state index contributed by atoms with van der Waals surface area (Å²) in [4.78, 5) is 19.9. The third-order valence-electron chi connectivity index (χ3n) is 7.36. The van der Waals surface area contributed by atoms with Crippen molar-refractivity contribution in [3.8, 4) is 17.2 Å². The number of carbonyl (C=O) groups is 1. The average Bonchev–Trinajstić information content (AvgIpc) is 2.94. The van der Waals surface area contributed by atoms with Gasteiger partial charge in [0.15, 0.2) is 0 Å². The first-order valence-electron chi connectivity index (χ1n) is 13.6. The van der Waals surface area contributed by atoms with Gasteiger partial charge in [0.1, 0.15) is 35.3 Å². The van der Waals surface area contributed by atoms with E-state index in [9.17, 15) is 9.18 Å². The van der Waals surface area contributed by atoms with Crippen molar-refractivity contribution >= 4 is 17.5 Å². The Bertz CT molecular complexity index is 1290. The summed E-state index contributed by atoms with van der Waals surface area (Å²) in [6, 6.07) is 21.2. The predicted octanol–water partition coefficient (Wildman–Crippen LogP) is 5.09. The summed E-state index contributed by atoms with van der Waals surface area (Å²) < 4.78 is 32.1. The van der Waals surface area contributed by atoms with Gasteiger partial charge in [0.2, 0.25) is 5.91 Å². The number of rotatable bonds is 9. The molecule has 2 heterocycles. The minimum Gasteiger partial charge on any atom is -0.491 e. The Kier molecular flexibility index (Phi) is 9.22. The number of nitrogens with zero attached hydrogens (tertiary/aromatic N) is 3. The normalized spacial score (nSPS) is 20.3. The van der Waals surface area contributed by atoms with Crippen molar-refractivity contribution in [2.75, 3.05) is 59.5 Å². The highest BCUT2D eigenvalue weighted by molar-refractivity contribution is 6.30. The molecule has 0 bridgehead atoms. The van der Waals surface area contributed by atoms with Crippen molar-refractivity contribution in [3.05, 3.63) is 89.2 Å². The first-order valence-corrected chi connectivity index (χ1v) is 14.0. The lowest BCUT2D eigenvalue weighted by Gasteiger charge is -2.43. The highest BCUT2D eigenvalue weighted by Crippen LogP contribution is 2.31. The molecular weight excluding hydrogens is 533 g/mol. The Morgan fingerprint density at radius 2 is 1.75 bits per heavy atom. The topological polar surface area (TPSA) is 54.5 Å². The van der Waals surface area contributed by atoms with Gasteiger partial charge in [-0.2, -0.15) is 0 Å². The molecule has 2 aliphatic heterocycles. The molecule has 2 saturated heterocycles. The standard InChI is InChI=1S/C31H35ClFN3O4/c1-34-13-15-36(16-14-34)30(37)20-31(23-38-27-11-9-26(33)10-12-27)22-35(17-18-39-31)21-24-5-2-3-8-29(24)40-28-7-4-6-25(32)19-28/h2-12,19H,13-18,20-23H2,1H3. The van der Waals surface area contributed by atoms with E-state index in [2.05, 4.69) is 16.8 Å². The summed E-state index contributed by atoms with van der Waals surface area (Å²) in [6.07, 6.45) is 0.203. The number of benzene rings is 3. The fourth-order valence-corrected chi connectivity index (χ4v) is 5.31. The molecule has 0 aliphatic carbocycles. The molecule has 5 rings (SSSR count). The van der Waals surface area contributed by atoms with Crippen molar-refractivity contribution < 1.29 is 23.4 Å². The summed E-state index contributed by atoms with van der Waals surface area (Å²) >= 11 is 6.16. The summed E-state index contributed by atoms with van der Waals surface area (Å²) in [5, 5.41) is 0.610. The SMILES string of the molecule is CN1CCN(C(=O)CC2(COc3ccc(F)cc3)CN(Cc3ccccc3Oc3cccc(Cl)c3)CCO2)CC1. The predicted molar refractivity (Wildman–Crippen MR) is 153 cm³/mol. The van der Waals surface area contributed by atoms with E-state index < -0.39 is 5.60 Å². The molecule has 212 valence electrons. The lowest BCUT2D eigenvalue weighted by atomic mass is 9.96. The van der Waals surface area contributed by atoms with Crippen LogP contribution in [0.2, 0.25) is 5.02 Å². The number of hydrogen-bond acceptors (Lipinski definition) is 6. The molecule has 2 fully saturated rings. The number of hydrogen-bond donors (Lipinski definition) is 0. The van der Waals surface area contributed by atoms with E-state index in [0.717, 1.165) is 24.4 Å². The second kappa shape index (κ2) is 13.0. The monoisotopic (exact) mass is 567 g/mol. The molecule has 1 atom stereocenters. The summed E-state index contributed by atoms with van der Waals surface area (Å²) in [7, 11) is 2.07. The molecule has 3 aromatic carbocycles. The maximum Gasteiger partial charge on any atom is 0.225 e. The molecule has 0 aromatic heterocycles. The van der Waals surface area contributed by atoms with E-state index in [-0.39, 0.29) is 24.8 Å². The minimum absolute atomic E-state index is 0.0577. The fourth-order valence-electron chi connectivity index (χ4n) is 5.13. The van der Waals surface area contributed by atoms with Crippen LogP contribution < -0.4 is 9.47 Å². The second-order valence-corrected chi connectivity index (χ2v) is 10.9. The fraction of sp³-hybridized carbons (Fsp3) is 0.387. The van der Waals surface area contributed by atoms with Crippen molar-refractivity contribution in [2.24, 2.45) is 0 Å². The molecule has 7 nitrogen and oxygen atoms in total. The van der Waals surface area contributed by atoms with Crippen LogP contribution in [0.4, 0.5) is 4.39 Å². The molecule has 1 unspecified atom stereocenters. The summed E-state index contributed by atoms with van der Waals surface area (Å²) in [5.74, 6) is 1.68. The van der Waals surface area contributed by atoms with Gasteiger partial charge < -0.3 is 24.0 Å². The Morgan fingerprint density at radius 3 is 2.52 bits per heavy atom. The molecule has 0 saturated carbocycles. The Balaban J connectivity index is 1.32. The Hall–Kier alpha value is -3.17. The van der Waals surface area contributed by atoms with Gasteiger partial charge in [0.25, 0.3) is 0 Å². The Labute approximate surface area is 240 Å². The third-order valence-corrected chi connectivity index (χ3v) is 7.60. The lowest BCUT2D eigenvalue weighted by Crippen LogP contribution is -2.58. The van der Waals surface area contributed by atoms with Gasteiger partial charge in [-0.25, -0.2) is 4.39 Å². The van der Waals surface area contributed by atoms with Crippen LogP contribution in [0.1, 0.15) is 12.0 Å². The molecule has 3 aromatic rings. The highest BCUT2D eigenvalue weighted by atomic mass is 35.5. The van der Waals surface area contributed by atoms with Crippen LogP contribution in [0.3, 0.4) is 0 Å². The van der Waals surface area contributed by atoms with Gasteiger partial charge in [-0.05, 0) is 55.6 Å². The van der Waals surface area contributed by atoms with Gasteiger partial charge in [-0.1, -0.05) is 35.9 Å². The highest BCUT2D eigenvalue weighted by Gasteiger charge is 2.41. The van der Waals surface area contributed by atoms with E-state index in [1.807, 2.05) is 47.4 Å². The molecule has 0 spiro atoms. The molecule has 0 radical (unpaired) electrons. The molecular formula is C31H35ClFN3O4. The van der Waals surface area contributed by atoms with Gasteiger partial charge in [0.05, 0.1) is 13.0 Å². The van der Waals surface area contributed by atoms with Crippen molar-refractivity contribution in [3.63, 3.8) is 0 Å². The maximum absolute atomic E-state index is 13.5. The van der Waals surface area contributed by atoms with Crippen molar-refractivity contribution in [1.82, 2.24) is 14.7 Å². The number of amides is 1. The smallest absolute Gasteiger partial charge is 0.225 e. The zero-order valence-corrected chi connectivity index (χ0v) is 23.5. The number of likely N-dealkylation sites (N-methyl/N-ethyl adjacent to an activating group) is 1. The number of ether oxygens (including phenoxy) is 3. The Morgan fingerprint density at radius 1 is 0.975 bits per heavy atom. The maximum atomic E-state index is 13.5. The number of halogens is 2. The largest absolute Gasteiger partial charge is 0.491 e. The van der Waals surface area contributed by atoms with Crippen LogP contribution in [-0.4, -0.2) is 85.7 Å². The van der Waals surface area contributed by atoms with E-state index in [1.54, 1.807) is 18.2 Å². The van der Waals surface area contributed by atoms with Gasteiger partial charge in [-0.15, -0.1) is 0 Å². The molecule has 1 amide bonds. The van der Waals surface area contributed by atoms with Crippen LogP contribution in [0.5, 0.6) is 17.2 Å². The van der Waals surface area contributed by atoms with Gasteiger partial charge in [-0.3, -0.25) is 9.69 Å². The van der Waals surface area contributed by atoms with E-state index >= 15 is 0 Å². The van der Waals surface area contributed by atoms with Crippen LogP contribution in [0.25, 0.3) is 0 Å². The quantitative estimate of drug-likeness (QED) is 0.359. The van der Waals surface area contributed by atoms with Crippen LogP contribution in [0.15, 0.2) is 72.8 Å². The van der Waals surface area contributed by atoms with Gasteiger partial charge in [0, 0.05) is 56.4 Å². The van der Waals surface area contributed by atoms with Crippen LogP contribution in [0, 0.1) is 5.82 Å². The first-order chi connectivity index (χ1) is 19.4. The van der Waals surface area contributed by atoms with Crippen LogP contribution >= 0.6 is 11.6 Å². The zero-order chi connectivity index (χ0) is 28.0. The van der Waals surface area contributed by atoms with Crippen molar-refractivity contribution in [2.45, 2.75) is 18.6 Å². The minimum atomic E-state index is -0.851. The lowest BCUT2D eigenvalue weighted by molar-refractivity contribution is -0.158. The van der Waals surface area contributed by atoms with Crippen molar-refractivity contribution in [1.29, 1.82) is 0 Å². The van der Waals surface area contributed by atoms with Crippen LogP contribution in [-0.2, 0) is 16.1 Å². The summed E-state index contributed by atoms with van der Waals surface area (Å²) in [5.41, 5.74) is 0.165.